The molecule has 0 radical (unpaired) electrons. The van der Waals surface area contributed by atoms with Gasteiger partial charge in [0.1, 0.15) is 17.1 Å². The van der Waals surface area contributed by atoms with Crippen molar-refractivity contribution >= 4 is 16.7 Å². The van der Waals surface area contributed by atoms with Gasteiger partial charge >= 0.3 is 0 Å². The van der Waals surface area contributed by atoms with Crippen molar-refractivity contribution in [2.45, 2.75) is 0 Å². The van der Waals surface area contributed by atoms with Crippen molar-refractivity contribution in [1.29, 1.82) is 0 Å². The van der Waals surface area contributed by atoms with Gasteiger partial charge in [0.15, 0.2) is 5.43 Å². The summed E-state index contributed by atoms with van der Waals surface area (Å²) in [7, 11) is 0. The predicted octanol–water partition coefficient (Wildman–Crippen LogP) is 3.07. The number of nitro benzene ring substituents is 1. The fourth-order valence-electron chi connectivity index (χ4n) is 2.12. The number of rotatable bonds is 2. The SMILES string of the molecule is O=c1cc(-c2ccccc2[N+](=O)[O-])oc2ccc(O)cc12. The number of benzene rings is 2. The van der Waals surface area contributed by atoms with Crippen LogP contribution in [0.15, 0.2) is 57.7 Å². The Bertz CT molecular complexity index is 913. The molecule has 104 valence electrons. The summed E-state index contributed by atoms with van der Waals surface area (Å²) in [5, 5.41) is 20.6. The predicted molar refractivity (Wildman–Crippen MR) is 76.2 cm³/mol. The minimum absolute atomic E-state index is 0.0479. The van der Waals surface area contributed by atoms with Gasteiger partial charge in [0.2, 0.25) is 0 Å². The van der Waals surface area contributed by atoms with Crippen molar-refractivity contribution in [1.82, 2.24) is 0 Å². The van der Waals surface area contributed by atoms with E-state index in [0.717, 1.165) is 0 Å². The Kier molecular flexibility index (Phi) is 2.91. The maximum atomic E-state index is 12.1. The summed E-state index contributed by atoms with van der Waals surface area (Å²) in [6.07, 6.45) is 0. The number of hydrogen-bond donors (Lipinski definition) is 1. The smallest absolute Gasteiger partial charge is 0.280 e. The van der Waals surface area contributed by atoms with E-state index in [1.54, 1.807) is 12.1 Å². The normalized spacial score (nSPS) is 10.7. The Morgan fingerprint density at radius 1 is 1.10 bits per heavy atom. The molecule has 1 aromatic heterocycles. The van der Waals surface area contributed by atoms with Crippen LogP contribution in [0.4, 0.5) is 5.69 Å². The number of para-hydroxylation sites is 1. The van der Waals surface area contributed by atoms with Crippen LogP contribution in [0.3, 0.4) is 0 Å². The first-order valence-electron chi connectivity index (χ1n) is 6.07. The quantitative estimate of drug-likeness (QED) is 0.576. The van der Waals surface area contributed by atoms with E-state index in [1.165, 1.54) is 36.4 Å². The Morgan fingerprint density at radius 2 is 1.86 bits per heavy atom. The van der Waals surface area contributed by atoms with Crippen LogP contribution < -0.4 is 5.43 Å². The zero-order valence-corrected chi connectivity index (χ0v) is 10.6. The number of hydrogen-bond acceptors (Lipinski definition) is 5. The Hall–Kier alpha value is -3.15. The van der Waals surface area contributed by atoms with Crippen LogP contribution in [-0.2, 0) is 0 Å². The molecule has 21 heavy (non-hydrogen) atoms. The third-order valence-electron chi connectivity index (χ3n) is 3.08. The van der Waals surface area contributed by atoms with Gasteiger partial charge < -0.3 is 9.52 Å². The average molecular weight is 283 g/mol. The van der Waals surface area contributed by atoms with Gasteiger partial charge in [-0.3, -0.25) is 14.9 Å². The molecule has 3 aromatic rings. The highest BCUT2D eigenvalue weighted by Crippen LogP contribution is 2.30. The van der Waals surface area contributed by atoms with E-state index < -0.39 is 4.92 Å². The van der Waals surface area contributed by atoms with E-state index in [0.29, 0.717) is 0 Å². The minimum Gasteiger partial charge on any atom is -0.508 e. The summed E-state index contributed by atoms with van der Waals surface area (Å²) in [5.74, 6) is 0.0683. The molecule has 0 saturated heterocycles. The third kappa shape index (κ3) is 2.23. The fourth-order valence-corrected chi connectivity index (χ4v) is 2.12. The molecule has 1 N–H and O–H groups in total. The topological polar surface area (TPSA) is 93.6 Å². The van der Waals surface area contributed by atoms with Crippen LogP contribution in [0.5, 0.6) is 5.75 Å². The summed E-state index contributed by atoms with van der Waals surface area (Å²) in [6.45, 7) is 0. The minimum atomic E-state index is -0.531. The van der Waals surface area contributed by atoms with Crippen molar-refractivity contribution in [3.05, 3.63) is 68.9 Å². The van der Waals surface area contributed by atoms with Crippen molar-refractivity contribution in [3.63, 3.8) is 0 Å². The zero-order valence-electron chi connectivity index (χ0n) is 10.6. The Balaban J connectivity index is 2.30. The largest absolute Gasteiger partial charge is 0.508 e. The standard InChI is InChI=1S/C15H9NO5/c17-9-5-6-14-11(7-9)13(18)8-15(21-14)10-3-1-2-4-12(10)16(19)20/h1-8,17H. The van der Waals surface area contributed by atoms with Crippen molar-refractivity contribution < 1.29 is 14.4 Å². The number of phenolic OH excluding ortho intramolecular Hbond substituents is 1. The van der Waals surface area contributed by atoms with Gasteiger partial charge in [-0.05, 0) is 24.3 Å². The first kappa shape index (κ1) is 12.9. The van der Waals surface area contributed by atoms with Crippen molar-refractivity contribution in [3.8, 4) is 17.1 Å². The van der Waals surface area contributed by atoms with E-state index >= 15 is 0 Å². The summed E-state index contributed by atoms with van der Waals surface area (Å²) in [5.41, 5.74) is -0.0258. The lowest BCUT2D eigenvalue weighted by Gasteiger charge is -2.04. The molecule has 3 rings (SSSR count). The molecule has 6 heteroatoms. The number of phenols is 1. The lowest BCUT2D eigenvalue weighted by molar-refractivity contribution is -0.384. The van der Waals surface area contributed by atoms with Gasteiger partial charge in [-0.15, -0.1) is 0 Å². The molecular formula is C15H9NO5. The Labute approximate surface area is 118 Å². The number of nitro groups is 1. The highest BCUT2D eigenvalue weighted by molar-refractivity contribution is 5.81. The molecule has 0 unspecified atom stereocenters. The Morgan fingerprint density at radius 3 is 2.62 bits per heavy atom. The maximum Gasteiger partial charge on any atom is 0.280 e. The lowest BCUT2D eigenvalue weighted by Crippen LogP contribution is -2.01. The first-order valence-corrected chi connectivity index (χ1v) is 6.07. The van der Waals surface area contributed by atoms with Gasteiger partial charge in [0, 0.05) is 12.1 Å². The molecule has 0 atom stereocenters. The zero-order chi connectivity index (χ0) is 15.0. The van der Waals surface area contributed by atoms with Gasteiger partial charge in [0.05, 0.1) is 15.9 Å². The van der Waals surface area contributed by atoms with Gasteiger partial charge in [0.25, 0.3) is 5.69 Å². The summed E-state index contributed by atoms with van der Waals surface area (Å²) >= 11 is 0. The second-order valence-electron chi connectivity index (χ2n) is 4.43. The first-order chi connectivity index (χ1) is 10.1. The lowest BCUT2D eigenvalue weighted by atomic mass is 10.1. The van der Waals surface area contributed by atoms with Crippen LogP contribution in [0.1, 0.15) is 0 Å². The molecule has 6 nitrogen and oxygen atoms in total. The molecule has 2 aromatic carbocycles. The molecule has 0 bridgehead atoms. The molecular weight excluding hydrogens is 274 g/mol. The second kappa shape index (κ2) is 4.75. The van der Waals surface area contributed by atoms with Gasteiger partial charge in [-0.1, -0.05) is 12.1 Å². The van der Waals surface area contributed by atoms with Crippen LogP contribution in [0.2, 0.25) is 0 Å². The maximum absolute atomic E-state index is 12.1. The second-order valence-corrected chi connectivity index (χ2v) is 4.43. The molecule has 0 aliphatic heterocycles. The van der Waals surface area contributed by atoms with Crippen LogP contribution in [0.25, 0.3) is 22.3 Å². The van der Waals surface area contributed by atoms with E-state index in [1.807, 2.05) is 0 Å². The summed E-state index contributed by atoms with van der Waals surface area (Å²) in [4.78, 5) is 22.6. The van der Waals surface area contributed by atoms with Crippen LogP contribution in [-0.4, -0.2) is 10.0 Å². The summed E-state index contributed by atoms with van der Waals surface area (Å²) in [6, 6.07) is 11.3. The highest BCUT2D eigenvalue weighted by Gasteiger charge is 2.17. The van der Waals surface area contributed by atoms with Crippen molar-refractivity contribution in [2.24, 2.45) is 0 Å². The molecule has 0 spiro atoms. The van der Waals surface area contributed by atoms with E-state index in [-0.39, 0.29) is 39.2 Å². The molecule has 0 aliphatic rings. The monoisotopic (exact) mass is 283 g/mol. The molecule has 1 heterocycles. The summed E-state index contributed by atoms with van der Waals surface area (Å²) < 4.78 is 5.56. The number of fused-ring (bicyclic) bond motifs is 1. The third-order valence-corrected chi connectivity index (χ3v) is 3.08. The molecule has 0 saturated carbocycles. The number of aromatic hydroxyl groups is 1. The van der Waals surface area contributed by atoms with Gasteiger partial charge in [-0.25, -0.2) is 0 Å². The highest BCUT2D eigenvalue weighted by atomic mass is 16.6. The van der Waals surface area contributed by atoms with Crippen LogP contribution in [0, 0.1) is 10.1 Å². The van der Waals surface area contributed by atoms with Crippen LogP contribution >= 0.6 is 0 Å². The van der Waals surface area contributed by atoms with E-state index in [2.05, 4.69) is 0 Å². The molecule has 0 amide bonds. The van der Waals surface area contributed by atoms with E-state index in [9.17, 15) is 20.0 Å². The van der Waals surface area contributed by atoms with E-state index in [4.69, 9.17) is 4.42 Å². The average Bonchev–Trinajstić information content (AvgIpc) is 2.47. The molecule has 0 fully saturated rings. The van der Waals surface area contributed by atoms with Gasteiger partial charge in [-0.2, -0.15) is 0 Å². The number of nitrogens with zero attached hydrogens (tertiary/aromatic N) is 1. The fraction of sp³-hybridized carbons (Fsp3) is 0. The van der Waals surface area contributed by atoms with Crippen molar-refractivity contribution in [2.75, 3.05) is 0 Å². The molecule has 0 aliphatic carbocycles.